The molecule has 0 fully saturated rings. The van der Waals surface area contributed by atoms with Crippen LogP contribution < -0.4 is 10.1 Å². The predicted octanol–water partition coefficient (Wildman–Crippen LogP) is 2.84. The van der Waals surface area contributed by atoms with Crippen LogP contribution in [-0.4, -0.2) is 28.0 Å². The Bertz CT molecular complexity index is 347. The highest BCUT2D eigenvalue weighted by molar-refractivity contribution is 5.12. The van der Waals surface area contributed by atoms with E-state index in [1.165, 1.54) is 0 Å². The van der Waals surface area contributed by atoms with Crippen molar-refractivity contribution in [2.45, 2.75) is 65.6 Å². The van der Waals surface area contributed by atoms with Gasteiger partial charge in [0.15, 0.2) is 5.75 Å². The fourth-order valence-corrected chi connectivity index (χ4v) is 1.58. The Morgan fingerprint density at radius 1 is 1.44 bits per heavy atom. The fraction of sp³-hybridized carbons (Fsp3) is 0.786. The Hall–Kier alpha value is -1.03. The molecule has 0 saturated heterocycles. The second-order valence-electron chi connectivity index (χ2n) is 5.49. The van der Waals surface area contributed by atoms with Crippen LogP contribution in [0.25, 0.3) is 0 Å². The topological polar surface area (TPSA) is 39.1 Å². The first-order valence-corrected chi connectivity index (χ1v) is 6.91. The molecule has 0 aliphatic carbocycles. The van der Waals surface area contributed by atoms with E-state index < -0.39 is 0 Å². The van der Waals surface area contributed by atoms with Crippen LogP contribution in [0.15, 0.2) is 12.4 Å². The lowest BCUT2D eigenvalue weighted by molar-refractivity contribution is 0.198. The molecule has 1 heterocycles. The molecule has 0 aliphatic heterocycles. The standard InChI is InChI=1S/C14H27N3O/c1-6-8-17-11-13(10-16-17)18-12(3)9-15-14(4,5)7-2/h10-12,15H,6-9H2,1-5H3. The molecule has 0 saturated carbocycles. The zero-order valence-corrected chi connectivity index (χ0v) is 12.4. The van der Waals surface area contributed by atoms with Gasteiger partial charge in [-0.3, -0.25) is 4.68 Å². The Labute approximate surface area is 111 Å². The van der Waals surface area contributed by atoms with Gasteiger partial charge in [0.1, 0.15) is 6.10 Å². The molecule has 0 aliphatic rings. The molecule has 0 bridgehead atoms. The molecule has 18 heavy (non-hydrogen) atoms. The van der Waals surface area contributed by atoms with Gasteiger partial charge < -0.3 is 10.1 Å². The fourth-order valence-electron chi connectivity index (χ4n) is 1.58. The monoisotopic (exact) mass is 253 g/mol. The van der Waals surface area contributed by atoms with Crippen LogP contribution in [0, 0.1) is 0 Å². The lowest BCUT2D eigenvalue weighted by Crippen LogP contribution is -2.43. The van der Waals surface area contributed by atoms with Crippen LogP contribution in [0.1, 0.15) is 47.5 Å². The van der Waals surface area contributed by atoms with Gasteiger partial charge in [0.25, 0.3) is 0 Å². The lowest BCUT2D eigenvalue weighted by Gasteiger charge is -2.26. The van der Waals surface area contributed by atoms with E-state index in [-0.39, 0.29) is 11.6 Å². The molecular weight excluding hydrogens is 226 g/mol. The molecule has 0 aromatic carbocycles. The van der Waals surface area contributed by atoms with Gasteiger partial charge in [0.2, 0.25) is 0 Å². The lowest BCUT2D eigenvalue weighted by atomic mass is 10.0. The average Bonchev–Trinajstić information content (AvgIpc) is 2.75. The summed E-state index contributed by atoms with van der Waals surface area (Å²) in [5, 5.41) is 7.76. The zero-order valence-electron chi connectivity index (χ0n) is 12.4. The first kappa shape index (κ1) is 15.0. The third kappa shape index (κ3) is 5.08. The molecule has 0 spiro atoms. The van der Waals surface area contributed by atoms with Gasteiger partial charge in [-0.05, 0) is 33.6 Å². The molecule has 4 heteroatoms. The number of rotatable bonds is 8. The van der Waals surface area contributed by atoms with Crippen molar-refractivity contribution in [1.82, 2.24) is 15.1 Å². The van der Waals surface area contributed by atoms with Gasteiger partial charge in [0.05, 0.1) is 12.4 Å². The van der Waals surface area contributed by atoms with E-state index in [0.717, 1.165) is 31.7 Å². The quantitative estimate of drug-likeness (QED) is 0.774. The van der Waals surface area contributed by atoms with Gasteiger partial charge in [-0.25, -0.2) is 0 Å². The number of aromatic nitrogens is 2. The number of nitrogens with one attached hydrogen (secondary N) is 1. The second kappa shape index (κ2) is 6.78. The van der Waals surface area contributed by atoms with Crippen molar-refractivity contribution < 1.29 is 4.74 Å². The predicted molar refractivity (Wildman–Crippen MR) is 75.0 cm³/mol. The summed E-state index contributed by atoms with van der Waals surface area (Å²) >= 11 is 0. The molecule has 0 radical (unpaired) electrons. The Morgan fingerprint density at radius 2 is 2.17 bits per heavy atom. The van der Waals surface area contributed by atoms with Crippen LogP contribution in [0.2, 0.25) is 0 Å². The largest absolute Gasteiger partial charge is 0.486 e. The summed E-state index contributed by atoms with van der Waals surface area (Å²) in [4.78, 5) is 0. The molecule has 1 aromatic heterocycles. The zero-order chi connectivity index (χ0) is 13.6. The Morgan fingerprint density at radius 3 is 2.78 bits per heavy atom. The van der Waals surface area contributed by atoms with Gasteiger partial charge in [0, 0.05) is 18.6 Å². The second-order valence-corrected chi connectivity index (χ2v) is 5.49. The highest BCUT2D eigenvalue weighted by Gasteiger charge is 2.15. The molecule has 4 nitrogen and oxygen atoms in total. The summed E-state index contributed by atoms with van der Waals surface area (Å²) in [5.41, 5.74) is 0.171. The van der Waals surface area contributed by atoms with E-state index in [1.807, 2.05) is 10.9 Å². The van der Waals surface area contributed by atoms with Gasteiger partial charge >= 0.3 is 0 Å². The van der Waals surface area contributed by atoms with E-state index in [2.05, 4.69) is 45.0 Å². The van der Waals surface area contributed by atoms with Gasteiger partial charge in [-0.2, -0.15) is 5.10 Å². The summed E-state index contributed by atoms with van der Waals surface area (Å²) in [6.07, 6.45) is 6.09. The smallest absolute Gasteiger partial charge is 0.157 e. The SMILES string of the molecule is CCCn1cc(OC(C)CNC(C)(C)CC)cn1. The van der Waals surface area contributed by atoms with E-state index in [9.17, 15) is 0 Å². The van der Waals surface area contributed by atoms with E-state index >= 15 is 0 Å². The highest BCUT2D eigenvalue weighted by atomic mass is 16.5. The molecule has 1 N–H and O–H groups in total. The van der Waals surface area contributed by atoms with Crippen LogP contribution >= 0.6 is 0 Å². The van der Waals surface area contributed by atoms with E-state index in [4.69, 9.17) is 4.74 Å². The number of nitrogens with zero attached hydrogens (tertiary/aromatic N) is 2. The maximum Gasteiger partial charge on any atom is 0.157 e. The summed E-state index contributed by atoms with van der Waals surface area (Å²) in [6, 6.07) is 0. The Balaban J connectivity index is 2.37. The van der Waals surface area contributed by atoms with E-state index in [1.54, 1.807) is 6.20 Å². The van der Waals surface area contributed by atoms with E-state index in [0.29, 0.717) is 0 Å². The molecule has 0 amide bonds. The van der Waals surface area contributed by atoms with Crippen molar-refractivity contribution in [2.75, 3.05) is 6.54 Å². The maximum atomic E-state index is 5.84. The molecule has 1 aromatic rings. The average molecular weight is 253 g/mol. The molecule has 1 unspecified atom stereocenters. The summed E-state index contributed by atoms with van der Waals surface area (Å²) in [5.74, 6) is 0.854. The summed E-state index contributed by atoms with van der Waals surface area (Å²) in [6.45, 7) is 12.6. The Kier molecular flexibility index (Phi) is 5.66. The molecule has 1 rings (SSSR count). The molecule has 1 atom stereocenters. The first-order valence-electron chi connectivity index (χ1n) is 6.91. The highest BCUT2D eigenvalue weighted by Crippen LogP contribution is 2.12. The minimum Gasteiger partial charge on any atom is -0.486 e. The van der Waals surface area contributed by atoms with Crippen LogP contribution in [0.5, 0.6) is 5.75 Å². The van der Waals surface area contributed by atoms with Crippen molar-refractivity contribution in [3.05, 3.63) is 12.4 Å². The van der Waals surface area contributed by atoms with Crippen molar-refractivity contribution in [2.24, 2.45) is 0 Å². The number of ether oxygens (including phenoxy) is 1. The van der Waals surface area contributed by atoms with Gasteiger partial charge in [-0.15, -0.1) is 0 Å². The molecular formula is C14H27N3O. The summed E-state index contributed by atoms with van der Waals surface area (Å²) < 4.78 is 7.76. The minimum atomic E-state index is 0.148. The third-order valence-electron chi connectivity index (χ3n) is 3.15. The third-order valence-corrected chi connectivity index (χ3v) is 3.15. The summed E-state index contributed by atoms with van der Waals surface area (Å²) in [7, 11) is 0. The normalized spacial score (nSPS) is 13.6. The van der Waals surface area contributed by atoms with Crippen LogP contribution in [0.4, 0.5) is 0 Å². The van der Waals surface area contributed by atoms with Crippen molar-refractivity contribution in [1.29, 1.82) is 0 Å². The van der Waals surface area contributed by atoms with Crippen molar-refractivity contribution in [3.8, 4) is 5.75 Å². The maximum absolute atomic E-state index is 5.84. The first-order chi connectivity index (χ1) is 8.46. The van der Waals surface area contributed by atoms with Crippen molar-refractivity contribution >= 4 is 0 Å². The minimum absolute atomic E-state index is 0.148. The number of hydrogen-bond acceptors (Lipinski definition) is 3. The van der Waals surface area contributed by atoms with Crippen LogP contribution in [0.3, 0.4) is 0 Å². The molecule has 104 valence electrons. The number of hydrogen-bond donors (Lipinski definition) is 1. The van der Waals surface area contributed by atoms with Crippen LogP contribution in [-0.2, 0) is 6.54 Å². The van der Waals surface area contributed by atoms with Crippen molar-refractivity contribution in [3.63, 3.8) is 0 Å². The van der Waals surface area contributed by atoms with Gasteiger partial charge in [-0.1, -0.05) is 13.8 Å². The number of aryl methyl sites for hydroxylation is 1.